The van der Waals surface area contributed by atoms with Gasteiger partial charge < -0.3 is 11.1 Å². The number of amides is 1. The molecule has 0 aliphatic heterocycles. The van der Waals surface area contributed by atoms with Crippen molar-refractivity contribution < 1.29 is 4.79 Å². The monoisotopic (exact) mass is 268 g/mol. The van der Waals surface area contributed by atoms with Gasteiger partial charge in [0.15, 0.2) is 0 Å². The SMILES string of the molecule is C#CCn1ncc(Cl)c(NC(C)(C)C(N)=O)c1=O. The predicted octanol–water partition coefficient (Wildman–Crippen LogP) is 0.206. The lowest BCUT2D eigenvalue weighted by atomic mass is 10.1. The summed E-state index contributed by atoms with van der Waals surface area (Å²) in [6.07, 6.45) is 6.39. The summed E-state index contributed by atoms with van der Waals surface area (Å²) in [7, 11) is 0. The van der Waals surface area contributed by atoms with Crippen LogP contribution in [0.5, 0.6) is 0 Å². The zero-order valence-electron chi connectivity index (χ0n) is 10.0. The van der Waals surface area contributed by atoms with E-state index < -0.39 is 17.0 Å². The Bertz CT molecular complexity index is 571. The Hall–Kier alpha value is -2.00. The topological polar surface area (TPSA) is 90.0 Å². The first-order valence-corrected chi connectivity index (χ1v) is 5.44. The molecule has 0 bridgehead atoms. The third kappa shape index (κ3) is 2.81. The van der Waals surface area contributed by atoms with Gasteiger partial charge in [0.05, 0.1) is 11.2 Å². The predicted molar refractivity (Wildman–Crippen MR) is 69.2 cm³/mol. The normalized spacial score (nSPS) is 10.8. The van der Waals surface area contributed by atoms with Crippen molar-refractivity contribution in [1.82, 2.24) is 9.78 Å². The third-order valence-electron chi connectivity index (χ3n) is 2.29. The maximum absolute atomic E-state index is 12.0. The van der Waals surface area contributed by atoms with E-state index in [1.165, 1.54) is 20.0 Å². The van der Waals surface area contributed by atoms with Crippen molar-refractivity contribution in [2.75, 3.05) is 5.32 Å². The molecule has 0 aliphatic rings. The molecule has 3 N–H and O–H groups in total. The Morgan fingerprint density at radius 2 is 2.33 bits per heavy atom. The van der Waals surface area contributed by atoms with E-state index in [9.17, 15) is 9.59 Å². The van der Waals surface area contributed by atoms with Crippen molar-refractivity contribution in [2.45, 2.75) is 25.9 Å². The van der Waals surface area contributed by atoms with Gasteiger partial charge in [-0.05, 0) is 13.8 Å². The molecule has 1 amide bonds. The maximum Gasteiger partial charge on any atom is 0.292 e. The van der Waals surface area contributed by atoms with E-state index in [1.807, 2.05) is 0 Å². The fourth-order valence-electron chi connectivity index (χ4n) is 1.15. The second-order valence-electron chi connectivity index (χ2n) is 4.15. The van der Waals surface area contributed by atoms with E-state index in [-0.39, 0.29) is 17.3 Å². The lowest BCUT2D eigenvalue weighted by molar-refractivity contribution is -0.121. The van der Waals surface area contributed by atoms with Crippen LogP contribution >= 0.6 is 11.6 Å². The quantitative estimate of drug-likeness (QED) is 0.764. The van der Waals surface area contributed by atoms with Crippen LogP contribution in [0.25, 0.3) is 0 Å². The van der Waals surface area contributed by atoms with Gasteiger partial charge in [-0.1, -0.05) is 17.5 Å². The molecule has 1 heterocycles. The fourth-order valence-corrected chi connectivity index (χ4v) is 1.33. The van der Waals surface area contributed by atoms with Gasteiger partial charge in [0, 0.05) is 0 Å². The number of primary amides is 1. The molecule has 1 rings (SSSR count). The van der Waals surface area contributed by atoms with Crippen molar-refractivity contribution in [3.63, 3.8) is 0 Å². The standard InChI is InChI=1S/C11H13ClN4O2/c1-4-5-16-9(17)8(7(12)6-14-16)15-11(2,3)10(13)18/h1,6,15H,5H2,2-3H3,(H2,13,18). The Morgan fingerprint density at radius 3 is 2.83 bits per heavy atom. The van der Waals surface area contributed by atoms with Crippen molar-refractivity contribution in [3.05, 3.63) is 21.6 Å². The Morgan fingerprint density at radius 1 is 1.72 bits per heavy atom. The number of hydrogen-bond donors (Lipinski definition) is 2. The molecule has 7 heteroatoms. The van der Waals surface area contributed by atoms with Gasteiger partial charge in [-0.25, -0.2) is 4.68 Å². The lowest BCUT2D eigenvalue weighted by Crippen LogP contribution is -2.46. The number of terminal acetylenes is 1. The number of nitrogens with two attached hydrogens (primary N) is 1. The van der Waals surface area contributed by atoms with Crippen LogP contribution in [-0.2, 0) is 11.3 Å². The van der Waals surface area contributed by atoms with Crippen LogP contribution in [-0.4, -0.2) is 21.2 Å². The minimum atomic E-state index is -1.11. The molecule has 1 aromatic rings. The van der Waals surface area contributed by atoms with Crippen molar-refractivity contribution in [3.8, 4) is 12.3 Å². The van der Waals surface area contributed by atoms with E-state index in [2.05, 4.69) is 16.3 Å². The molecule has 0 spiro atoms. The number of carbonyl (C=O) groups is 1. The summed E-state index contributed by atoms with van der Waals surface area (Å²) >= 11 is 5.87. The number of carbonyl (C=O) groups excluding carboxylic acids is 1. The van der Waals surface area contributed by atoms with Gasteiger partial charge >= 0.3 is 0 Å². The molecule has 18 heavy (non-hydrogen) atoms. The first-order valence-electron chi connectivity index (χ1n) is 5.06. The molecule has 0 unspecified atom stereocenters. The minimum absolute atomic E-state index is 0.0156. The highest BCUT2D eigenvalue weighted by atomic mass is 35.5. The van der Waals surface area contributed by atoms with Crippen molar-refractivity contribution >= 4 is 23.2 Å². The lowest BCUT2D eigenvalue weighted by Gasteiger charge is -2.23. The van der Waals surface area contributed by atoms with Crippen molar-refractivity contribution in [2.24, 2.45) is 5.73 Å². The van der Waals surface area contributed by atoms with Gasteiger partial charge in [-0.2, -0.15) is 5.10 Å². The van der Waals surface area contributed by atoms with Crippen LogP contribution < -0.4 is 16.6 Å². The van der Waals surface area contributed by atoms with Crippen LogP contribution in [0.2, 0.25) is 5.02 Å². The number of anilines is 1. The average Bonchev–Trinajstić information content (AvgIpc) is 2.28. The number of nitrogens with zero attached hydrogens (tertiary/aromatic N) is 2. The van der Waals surface area contributed by atoms with Gasteiger partial charge in [0.2, 0.25) is 5.91 Å². The molecule has 0 radical (unpaired) electrons. The largest absolute Gasteiger partial charge is 0.368 e. The summed E-state index contributed by atoms with van der Waals surface area (Å²) < 4.78 is 1.06. The number of nitrogens with one attached hydrogen (secondary N) is 1. The van der Waals surface area contributed by atoms with Crippen LogP contribution in [0, 0.1) is 12.3 Å². The van der Waals surface area contributed by atoms with Gasteiger partial charge in [-0.15, -0.1) is 6.42 Å². The molecule has 0 aromatic carbocycles. The van der Waals surface area contributed by atoms with Crippen LogP contribution in [0.4, 0.5) is 5.69 Å². The molecule has 6 nitrogen and oxygen atoms in total. The Kier molecular flexibility index (Phi) is 3.99. The molecule has 0 aliphatic carbocycles. The molecule has 1 aromatic heterocycles. The Labute approximate surface area is 109 Å². The fraction of sp³-hybridized carbons (Fsp3) is 0.364. The summed E-state index contributed by atoms with van der Waals surface area (Å²) in [5.74, 6) is 1.68. The first kappa shape index (κ1) is 14.1. The highest BCUT2D eigenvalue weighted by Crippen LogP contribution is 2.19. The van der Waals surface area contributed by atoms with Crippen LogP contribution in [0.1, 0.15) is 13.8 Å². The Balaban J connectivity index is 3.25. The summed E-state index contributed by atoms with van der Waals surface area (Å²) in [5, 5.41) is 6.58. The molecular weight excluding hydrogens is 256 g/mol. The smallest absolute Gasteiger partial charge is 0.292 e. The highest BCUT2D eigenvalue weighted by molar-refractivity contribution is 6.33. The molecule has 0 atom stereocenters. The zero-order chi connectivity index (χ0) is 13.9. The number of halogens is 1. The summed E-state index contributed by atoms with van der Waals surface area (Å²) in [6.45, 7) is 3.09. The number of rotatable bonds is 4. The molecule has 0 saturated heterocycles. The van der Waals surface area contributed by atoms with E-state index in [0.29, 0.717) is 0 Å². The molecular formula is C11H13ClN4O2. The van der Waals surface area contributed by atoms with E-state index >= 15 is 0 Å². The molecule has 96 valence electrons. The summed E-state index contributed by atoms with van der Waals surface area (Å²) in [6, 6.07) is 0. The maximum atomic E-state index is 12.0. The second-order valence-corrected chi connectivity index (χ2v) is 4.56. The van der Waals surface area contributed by atoms with Crippen LogP contribution in [0.15, 0.2) is 11.0 Å². The van der Waals surface area contributed by atoms with Gasteiger partial charge in [-0.3, -0.25) is 9.59 Å². The van der Waals surface area contributed by atoms with Gasteiger partial charge in [0.25, 0.3) is 5.56 Å². The summed E-state index contributed by atoms with van der Waals surface area (Å²) in [4.78, 5) is 23.2. The number of aromatic nitrogens is 2. The second kappa shape index (κ2) is 5.10. The summed E-state index contributed by atoms with van der Waals surface area (Å²) in [5.41, 5.74) is 3.64. The molecule has 0 saturated carbocycles. The third-order valence-corrected chi connectivity index (χ3v) is 2.58. The van der Waals surface area contributed by atoms with E-state index in [0.717, 1.165) is 4.68 Å². The van der Waals surface area contributed by atoms with E-state index in [1.54, 1.807) is 0 Å². The van der Waals surface area contributed by atoms with Crippen LogP contribution in [0.3, 0.4) is 0 Å². The first-order chi connectivity index (χ1) is 8.29. The number of hydrogen-bond acceptors (Lipinski definition) is 4. The van der Waals surface area contributed by atoms with E-state index in [4.69, 9.17) is 23.8 Å². The highest BCUT2D eigenvalue weighted by Gasteiger charge is 2.27. The van der Waals surface area contributed by atoms with Gasteiger partial charge in [0.1, 0.15) is 17.8 Å². The zero-order valence-corrected chi connectivity index (χ0v) is 10.8. The van der Waals surface area contributed by atoms with Crippen molar-refractivity contribution in [1.29, 1.82) is 0 Å². The minimum Gasteiger partial charge on any atom is -0.368 e. The average molecular weight is 269 g/mol. The molecule has 0 fully saturated rings.